The molecule has 0 amide bonds. The number of aromatic nitrogens is 2. The first-order chi connectivity index (χ1) is 13.7. The molecule has 0 radical (unpaired) electrons. The fraction of sp³-hybridized carbons (Fsp3) is 0.333. The van der Waals surface area contributed by atoms with Crippen LogP contribution in [-0.4, -0.2) is 23.6 Å². The van der Waals surface area contributed by atoms with Crippen molar-refractivity contribution in [2.24, 2.45) is 0 Å². The van der Waals surface area contributed by atoms with E-state index in [1.165, 1.54) is 11.1 Å². The minimum Gasteiger partial charge on any atom is -0.349 e. The molecule has 1 atom stereocenters. The Morgan fingerprint density at radius 2 is 1.76 bits per heavy atom. The standard InChI is InChI=1S/C24H28N4.ClH/c1-4-10-20-17-23(26-24(25-20)27(3)21-12-6-5-7-13-21)28-16-15-19-11-8-9-14-22(19)18(28)2;/h5-9,11-14,17-18H,4,10,15-16H2,1-3H3;1H. The molecule has 2 heterocycles. The van der Waals surface area contributed by atoms with Gasteiger partial charge in [0.25, 0.3) is 0 Å². The van der Waals surface area contributed by atoms with Gasteiger partial charge in [0.2, 0.25) is 5.95 Å². The molecule has 2 aromatic carbocycles. The fourth-order valence-corrected chi connectivity index (χ4v) is 4.00. The number of anilines is 3. The Kier molecular flexibility index (Phi) is 6.75. The quantitative estimate of drug-likeness (QED) is 0.538. The average Bonchev–Trinajstić information content (AvgIpc) is 2.74. The van der Waals surface area contributed by atoms with E-state index >= 15 is 0 Å². The number of nitrogens with zero attached hydrogens (tertiary/aromatic N) is 4. The number of hydrogen-bond donors (Lipinski definition) is 0. The molecule has 1 aliphatic rings. The number of para-hydroxylation sites is 1. The topological polar surface area (TPSA) is 32.3 Å². The van der Waals surface area contributed by atoms with Crippen molar-refractivity contribution < 1.29 is 0 Å². The number of halogens is 1. The Morgan fingerprint density at radius 1 is 1.03 bits per heavy atom. The fourth-order valence-electron chi connectivity index (χ4n) is 4.00. The van der Waals surface area contributed by atoms with Crippen molar-refractivity contribution in [3.8, 4) is 0 Å². The summed E-state index contributed by atoms with van der Waals surface area (Å²) in [7, 11) is 2.04. The molecule has 0 saturated carbocycles. The molecule has 0 bridgehead atoms. The van der Waals surface area contributed by atoms with Crippen LogP contribution in [0.3, 0.4) is 0 Å². The van der Waals surface area contributed by atoms with E-state index < -0.39 is 0 Å². The SMILES string of the molecule is CCCc1cc(N2CCc3ccccc3C2C)nc(N(C)c2ccccc2)n1.Cl. The second-order valence-electron chi connectivity index (χ2n) is 7.48. The van der Waals surface area contributed by atoms with Crippen molar-refractivity contribution in [2.75, 3.05) is 23.4 Å². The highest BCUT2D eigenvalue weighted by atomic mass is 35.5. The van der Waals surface area contributed by atoms with E-state index in [4.69, 9.17) is 9.97 Å². The van der Waals surface area contributed by atoms with Crippen LogP contribution in [0.1, 0.15) is 43.1 Å². The Hall–Kier alpha value is -2.59. The van der Waals surface area contributed by atoms with Crippen LogP contribution < -0.4 is 9.80 Å². The molecule has 0 spiro atoms. The summed E-state index contributed by atoms with van der Waals surface area (Å²) in [5.41, 5.74) is 5.06. The molecule has 152 valence electrons. The summed E-state index contributed by atoms with van der Waals surface area (Å²) in [6, 6.07) is 21.6. The molecule has 1 unspecified atom stereocenters. The Labute approximate surface area is 180 Å². The number of fused-ring (bicyclic) bond motifs is 1. The van der Waals surface area contributed by atoms with E-state index in [0.717, 1.165) is 49.0 Å². The molecule has 1 aliphatic heterocycles. The molecule has 29 heavy (non-hydrogen) atoms. The summed E-state index contributed by atoms with van der Waals surface area (Å²) in [5.74, 6) is 1.79. The molecule has 1 aromatic heterocycles. The van der Waals surface area contributed by atoms with Gasteiger partial charge in [0, 0.05) is 31.0 Å². The molecular formula is C24H29ClN4. The molecule has 0 aliphatic carbocycles. The van der Waals surface area contributed by atoms with Crippen LogP contribution in [0.4, 0.5) is 17.5 Å². The molecule has 0 N–H and O–H groups in total. The zero-order valence-electron chi connectivity index (χ0n) is 17.4. The first kappa shape index (κ1) is 21.1. The lowest BCUT2D eigenvalue weighted by Gasteiger charge is -2.36. The Morgan fingerprint density at radius 3 is 2.52 bits per heavy atom. The first-order valence-corrected chi connectivity index (χ1v) is 10.2. The summed E-state index contributed by atoms with van der Waals surface area (Å²) in [5, 5.41) is 0. The van der Waals surface area contributed by atoms with Crippen LogP contribution >= 0.6 is 12.4 Å². The highest BCUT2D eigenvalue weighted by molar-refractivity contribution is 5.85. The third-order valence-corrected chi connectivity index (χ3v) is 5.59. The van der Waals surface area contributed by atoms with Gasteiger partial charge in [-0.1, -0.05) is 55.8 Å². The van der Waals surface area contributed by atoms with Crippen LogP contribution in [0.15, 0.2) is 60.7 Å². The van der Waals surface area contributed by atoms with Crippen LogP contribution in [0, 0.1) is 0 Å². The smallest absolute Gasteiger partial charge is 0.231 e. The van der Waals surface area contributed by atoms with Gasteiger partial charge in [0.15, 0.2) is 0 Å². The molecule has 0 fully saturated rings. The van der Waals surface area contributed by atoms with E-state index in [1.807, 2.05) is 25.2 Å². The third kappa shape index (κ3) is 4.38. The van der Waals surface area contributed by atoms with Crippen LogP contribution in [0.2, 0.25) is 0 Å². The summed E-state index contributed by atoms with van der Waals surface area (Å²) in [4.78, 5) is 14.3. The number of aryl methyl sites for hydroxylation is 1. The second-order valence-corrected chi connectivity index (χ2v) is 7.48. The van der Waals surface area contributed by atoms with E-state index in [0.29, 0.717) is 6.04 Å². The van der Waals surface area contributed by atoms with Gasteiger partial charge in [-0.15, -0.1) is 12.4 Å². The van der Waals surface area contributed by atoms with Crippen molar-refractivity contribution in [3.63, 3.8) is 0 Å². The third-order valence-electron chi connectivity index (χ3n) is 5.59. The summed E-state index contributed by atoms with van der Waals surface area (Å²) < 4.78 is 0. The summed E-state index contributed by atoms with van der Waals surface area (Å²) in [6.07, 6.45) is 3.09. The lowest BCUT2D eigenvalue weighted by molar-refractivity contribution is 0.615. The molecule has 4 rings (SSSR count). The van der Waals surface area contributed by atoms with Gasteiger partial charge in [0.05, 0.1) is 6.04 Å². The van der Waals surface area contributed by atoms with Crippen molar-refractivity contribution in [1.82, 2.24) is 9.97 Å². The maximum atomic E-state index is 4.98. The minimum absolute atomic E-state index is 0. The van der Waals surface area contributed by atoms with Crippen LogP contribution in [0.5, 0.6) is 0 Å². The minimum atomic E-state index is 0. The van der Waals surface area contributed by atoms with Gasteiger partial charge in [-0.3, -0.25) is 0 Å². The lowest BCUT2D eigenvalue weighted by atomic mass is 9.93. The maximum absolute atomic E-state index is 4.98. The summed E-state index contributed by atoms with van der Waals surface area (Å²) >= 11 is 0. The summed E-state index contributed by atoms with van der Waals surface area (Å²) in [6.45, 7) is 5.46. The van der Waals surface area contributed by atoms with E-state index in [9.17, 15) is 0 Å². The normalized spacial score (nSPS) is 15.4. The second kappa shape index (κ2) is 9.27. The Balaban J connectivity index is 0.00000240. The van der Waals surface area contributed by atoms with Gasteiger partial charge in [-0.2, -0.15) is 4.98 Å². The van der Waals surface area contributed by atoms with Crippen LogP contribution in [0.25, 0.3) is 0 Å². The van der Waals surface area contributed by atoms with Crippen molar-refractivity contribution in [1.29, 1.82) is 0 Å². The van der Waals surface area contributed by atoms with Gasteiger partial charge >= 0.3 is 0 Å². The van der Waals surface area contributed by atoms with E-state index in [-0.39, 0.29) is 12.4 Å². The molecule has 4 nitrogen and oxygen atoms in total. The van der Waals surface area contributed by atoms with Crippen molar-refractivity contribution in [2.45, 2.75) is 39.2 Å². The Bertz CT molecular complexity index is 945. The number of benzene rings is 2. The van der Waals surface area contributed by atoms with Crippen molar-refractivity contribution >= 4 is 29.9 Å². The highest BCUT2D eigenvalue weighted by Gasteiger charge is 2.25. The number of hydrogen-bond acceptors (Lipinski definition) is 4. The molecule has 3 aromatic rings. The largest absolute Gasteiger partial charge is 0.349 e. The van der Waals surface area contributed by atoms with Crippen molar-refractivity contribution in [3.05, 3.63) is 77.5 Å². The van der Waals surface area contributed by atoms with Gasteiger partial charge in [-0.05, 0) is 43.0 Å². The maximum Gasteiger partial charge on any atom is 0.231 e. The lowest BCUT2D eigenvalue weighted by Crippen LogP contribution is -2.35. The molecule has 0 saturated heterocycles. The predicted molar refractivity (Wildman–Crippen MR) is 124 cm³/mol. The molecular weight excluding hydrogens is 380 g/mol. The van der Waals surface area contributed by atoms with Gasteiger partial charge in [0.1, 0.15) is 5.82 Å². The zero-order chi connectivity index (χ0) is 19.5. The highest BCUT2D eigenvalue weighted by Crippen LogP contribution is 2.34. The average molecular weight is 409 g/mol. The monoisotopic (exact) mass is 408 g/mol. The van der Waals surface area contributed by atoms with E-state index in [2.05, 4.69) is 66.1 Å². The predicted octanol–water partition coefficient (Wildman–Crippen LogP) is 5.74. The van der Waals surface area contributed by atoms with E-state index in [1.54, 1.807) is 0 Å². The first-order valence-electron chi connectivity index (χ1n) is 10.2. The van der Waals surface area contributed by atoms with Gasteiger partial charge < -0.3 is 9.80 Å². The number of rotatable bonds is 5. The van der Waals surface area contributed by atoms with Gasteiger partial charge in [-0.25, -0.2) is 4.98 Å². The zero-order valence-corrected chi connectivity index (χ0v) is 18.2. The molecule has 5 heteroatoms. The van der Waals surface area contributed by atoms with Crippen LogP contribution in [-0.2, 0) is 12.8 Å².